The molecule has 0 amide bonds. The fraction of sp³-hybridized carbons (Fsp3) is 0.333. The van der Waals surface area contributed by atoms with E-state index in [0.717, 1.165) is 49.2 Å². The molecule has 0 bridgehead atoms. The van der Waals surface area contributed by atoms with Gasteiger partial charge in [-0.3, -0.25) is 15.0 Å². The number of likely N-dealkylation sites (tertiary alicyclic amines) is 1. The third-order valence-corrected chi connectivity index (χ3v) is 6.76. The summed E-state index contributed by atoms with van der Waals surface area (Å²) in [7, 11) is 0. The second-order valence-corrected chi connectivity index (χ2v) is 10.3. The number of hydrogen-bond donors (Lipinski definition) is 2. The summed E-state index contributed by atoms with van der Waals surface area (Å²) in [5.41, 5.74) is 3.49. The number of aliphatic carboxylic acids is 1. The van der Waals surface area contributed by atoms with Crippen LogP contribution in [0, 0.1) is 35.3 Å². The Labute approximate surface area is 247 Å². The Morgan fingerprint density at radius 3 is 2.31 bits per heavy atom. The van der Waals surface area contributed by atoms with Crippen molar-refractivity contribution < 1.29 is 32.7 Å². The number of aromatic nitrogens is 2. The molecule has 42 heavy (non-hydrogen) atoms. The average Bonchev–Trinajstić information content (AvgIpc) is 2.93. The number of rotatable bonds is 7. The molecule has 0 spiro atoms. The Morgan fingerprint density at radius 1 is 1.24 bits per heavy atom. The molecule has 4 rings (SSSR count). The van der Waals surface area contributed by atoms with Gasteiger partial charge in [0.2, 0.25) is 11.8 Å². The predicted octanol–water partition coefficient (Wildman–Crippen LogP) is 6.14. The first-order valence-electron chi connectivity index (χ1n) is 12.5. The molecule has 3 aromatic rings. The maximum atomic E-state index is 10.8. The van der Waals surface area contributed by atoms with E-state index in [4.69, 9.17) is 19.9 Å². The van der Waals surface area contributed by atoms with Crippen molar-refractivity contribution in [1.82, 2.24) is 14.9 Å². The van der Waals surface area contributed by atoms with Gasteiger partial charge < -0.3 is 15.2 Å². The van der Waals surface area contributed by atoms with E-state index < -0.39 is 12.1 Å². The Kier molecular flexibility index (Phi) is 10.8. The fourth-order valence-electron chi connectivity index (χ4n) is 4.16. The molecule has 1 aliphatic heterocycles. The van der Waals surface area contributed by atoms with Crippen molar-refractivity contribution in [1.29, 1.82) is 5.26 Å². The fourth-order valence-corrected chi connectivity index (χ4v) is 4.44. The molecule has 0 saturated carbocycles. The van der Waals surface area contributed by atoms with Crippen LogP contribution >= 0.6 is 15.9 Å². The lowest BCUT2D eigenvalue weighted by atomic mass is 10.0. The highest BCUT2D eigenvalue weighted by atomic mass is 79.9. The number of nitro benzene ring substituents is 1. The summed E-state index contributed by atoms with van der Waals surface area (Å²) >= 11 is 3.47. The number of benzene rings is 2. The monoisotopic (exact) mass is 650 g/mol. The number of aryl methyl sites for hydroxylation is 2. The van der Waals surface area contributed by atoms with Gasteiger partial charge in [0.1, 0.15) is 5.75 Å². The number of nitrogens with one attached hydrogen (secondary N) is 1. The largest absolute Gasteiger partial charge is 0.490 e. The Balaban J connectivity index is 0.000000616. The maximum Gasteiger partial charge on any atom is 0.490 e. The molecule has 1 aliphatic rings. The molecule has 1 fully saturated rings. The Bertz CT molecular complexity index is 1450. The minimum Gasteiger partial charge on any atom is -0.475 e. The summed E-state index contributed by atoms with van der Waals surface area (Å²) in [5.74, 6) is -1.17. The van der Waals surface area contributed by atoms with Gasteiger partial charge in [-0.1, -0.05) is 12.1 Å². The number of carbonyl (C=O) groups is 1. The van der Waals surface area contributed by atoms with E-state index in [-0.39, 0.29) is 16.7 Å². The third kappa shape index (κ3) is 9.11. The van der Waals surface area contributed by atoms with E-state index >= 15 is 0 Å². The molecule has 2 heterocycles. The van der Waals surface area contributed by atoms with Crippen LogP contribution in [0.2, 0.25) is 0 Å². The molecule has 1 aromatic heterocycles. The molecule has 2 N–H and O–H groups in total. The first kappa shape index (κ1) is 32.2. The van der Waals surface area contributed by atoms with Gasteiger partial charge in [-0.05, 0) is 71.4 Å². The van der Waals surface area contributed by atoms with Crippen molar-refractivity contribution in [2.24, 2.45) is 0 Å². The summed E-state index contributed by atoms with van der Waals surface area (Å²) in [6, 6.07) is 12.7. The standard InChI is InChI=1S/C25H25BrN6O3.C2HF3O2/c1-16-11-19(13-27)12-17(2)23(16)35-24-22(26)14-28-25(30-24)29-20-7-9-31(10-8-20)15-18-3-5-21(6-4-18)32(33)34;3-2(4,5)1(6)7/h3-6,11-12,14,20H,7-10,15H2,1-2H3,(H,28,29,30);(H,6,7). The number of ether oxygens (including phenoxy) is 1. The maximum absolute atomic E-state index is 10.8. The average molecular weight is 651 g/mol. The van der Waals surface area contributed by atoms with Crippen molar-refractivity contribution in [3.05, 3.63) is 79.4 Å². The van der Waals surface area contributed by atoms with Gasteiger partial charge in [0.15, 0.2) is 0 Å². The molecule has 0 aliphatic carbocycles. The number of carboxylic acids is 1. The number of carboxylic acid groups (broad SMARTS) is 1. The van der Waals surface area contributed by atoms with Gasteiger partial charge in [0.05, 0.1) is 27.2 Å². The number of hydrogen-bond acceptors (Lipinski definition) is 9. The zero-order valence-electron chi connectivity index (χ0n) is 22.5. The number of nitrogens with zero attached hydrogens (tertiary/aromatic N) is 5. The van der Waals surface area contributed by atoms with Crippen LogP contribution in [0.1, 0.15) is 35.1 Å². The minimum atomic E-state index is -5.08. The van der Waals surface area contributed by atoms with Crippen LogP contribution in [0.15, 0.2) is 47.1 Å². The summed E-state index contributed by atoms with van der Waals surface area (Å²) in [4.78, 5) is 30.7. The highest BCUT2D eigenvalue weighted by molar-refractivity contribution is 9.10. The number of alkyl halides is 3. The van der Waals surface area contributed by atoms with E-state index in [2.05, 4.69) is 42.2 Å². The van der Waals surface area contributed by atoms with Crippen LogP contribution in [-0.4, -0.2) is 56.2 Å². The van der Waals surface area contributed by atoms with E-state index in [1.165, 1.54) is 0 Å². The number of anilines is 1. The van der Waals surface area contributed by atoms with Gasteiger partial charge in [0.25, 0.3) is 5.69 Å². The van der Waals surface area contributed by atoms with Gasteiger partial charge >= 0.3 is 12.1 Å². The smallest absolute Gasteiger partial charge is 0.475 e. The molecule has 2 aromatic carbocycles. The quantitative estimate of drug-likeness (QED) is 0.225. The summed E-state index contributed by atoms with van der Waals surface area (Å²) in [6.45, 7) is 6.38. The first-order chi connectivity index (χ1) is 19.8. The second kappa shape index (κ2) is 14.1. The highest BCUT2D eigenvalue weighted by Gasteiger charge is 2.38. The zero-order chi connectivity index (χ0) is 31.0. The van der Waals surface area contributed by atoms with Crippen LogP contribution in [0.4, 0.5) is 24.8 Å². The summed E-state index contributed by atoms with van der Waals surface area (Å²) in [5, 5.41) is 30.5. The zero-order valence-corrected chi connectivity index (χ0v) is 24.1. The lowest BCUT2D eigenvalue weighted by molar-refractivity contribution is -0.384. The Morgan fingerprint density at radius 2 is 1.81 bits per heavy atom. The lowest BCUT2D eigenvalue weighted by Gasteiger charge is -2.32. The summed E-state index contributed by atoms with van der Waals surface area (Å²) < 4.78 is 38.5. The molecule has 0 atom stereocenters. The molecular weight excluding hydrogens is 625 g/mol. The highest BCUT2D eigenvalue weighted by Crippen LogP contribution is 2.33. The van der Waals surface area contributed by atoms with Gasteiger partial charge in [-0.25, -0.2) is 9.78 Å². The van der Waals surface area contributed by atoms with E-state index in [1.54, 1.807) is 30.5 Å². The third-order valence-electron chi connectivity index (χ3n) is 6.22. The van der Waals surface area contributed by atoms with Crippen LogP contribution < -0.4 is 10.1 Å². The number of halogens is 4. The minimum absolute atomic E-state index is 0.110. The van der Waals surface area contributed by atoms with E-state index in [1.807, 2.05) is 26.0 Å². The predicted molar refractivity (Wildman–Crippen MR) is 149 cm³/mol. The molecule has 1 saturated heterocycles. The second-order valence-electron chi connectivity index (χ2n) is 9.42. The molecule has 222 valence electrons. The number of nitro groups is 1. The van der Waals surface area contributed by atoms with Crippen LogP contribution in [0.3, 0.4) is 0 Å². The molecule has 15 heteroatoms. The van der Waals surface area contributed by atoms with Crippen molar-refractivity contribution in [3.8, 4) is 17.7 Å². The van der Waals surface area contributed by atoms with Crippen molar-refractivity contribution in [2.45, 2.75) is 45.5 Å². The van der Waals surface area contributed by atoms with Gasteiger partial charge in [-0.2, -0.15) is 23.4 Å². The van der Waals surface area contributed by atoms with Crippen LogP contribution in [0.25, 0.3) is 0 Å². The van der Waals surface area contributed by atoms with Crippen molar-refractivity contribution in [2.75, 3.05) is 18.4 Å². The Hall–Kier alpha value is -4.29. The first-order valence-corrected chi connectivity index (χ1v) is 13.3. The van der Waals surface area contributed by atoms with Gasteiger partial charge in [-0.15, -0.1) is 0 Å². The van der Waals surface area contributed by atoms with Crippen molar-refractivity contribution in [3.63, 3.8) is 0 Å². The molecule has 11 nitrogen and oxygen atoms in total. The molecule has 0 unspecified atom stereocenters. The number of non-ortho nitro benzene ring substituents is 1. The molecular formula is C27H26BrF3N6O5. The van der Waals surface area contributed by atoms with E-state index in [9.17, 15) is 23.3 Å². The van der Waals surface area contributed by atoms with Crippen LogP contribution in [-0.2, 0) is 11.3 Å². The normalized spacial score (nSPS) is 13.8. The van der Waals surface area contributed by atoms with Gasteiger partial charge in [0, 0.05) is 37.8 Å². The van der Waals surface area contributed by atoms with Crippen molar-refractivity contribution >= 4 is 33.5 Å². The molecule has 0 radical (unpaired) electrons. The lowest BCUT2D eigenvalue weighted by Crippen LogP contribution is -2.38. The SMILES string of the molecule is Cc1cc(C#N)cc(C)c1Oc1nc(NC2CCN(Cc3ccc([N+](=O)[O-])cc3)CC2)ncc1Br.O=C(O)C(F)(F)F. The topological polar surface area (TPSA) is 155 Å². The number of piperidine rings is 1. The van der Waals surface area contributed by atoms with Crippen LogP contribution in [0.5, 0.6) is 11.6 Å². The van der Waals surface area contributed by atoms with E-state index in [0.29, 0.717) is 27.6 Å². The number of nitriles is 1. The summed E-state index contributed by atoms with van der Waals surface area (Å²) in [6.07, 6.45) is -1.56.